The molecule has 3 aromatic carbocycles. The highest BCUT2D eigenvalue weighted by Gasteiger charge is 2.19. The number of benzene rings is 3. The van der Waals surface area contributed by atoms with Crippen molar-refractivity contribution in [1.82, 2.24) is 9.97 Å². The van der Waals surface area contributed by atoms with E-state index in [1.165, 1.54) is 12.1 Å². The Morgan fingerprint density at radius 2 is 1.61 bits per heavy atom. The van der Waals surface area contributed by atoms with E-state index in [0.29, 0.717) is 17.1 Å². The van der Waals surface area contributed by atoms with Gasteiger partial charge in [0.15, 0.2) is 9.84 Å². The molecule has 1 heterocycles. The topological polar surface area (TPSA) is 91.9 Å². The highest BCUT2D eigenvalue weighted by atomic mass is 32.2. The summed E-state index contributed by atoms with van der Waals surface area (Å²) in [6.07, 6.45) is 1.08. The largest absolute Gasteiger partial charge is 0.338 e. The molecule has 0 aliphatic rings. The summed E-state index contributed by atoms with van der Waals surface area (Å²) < 4.78 is 24.0. The van der Waals surface area contributed by atoms with E-state index in [0.717, 1.165) is 17.3 Å². The van der Waals surface area contributed by atoms with Crippen LogP contribution in [-0.2, 0) is 9.84 Å². The number of imidazole rings is 1. The fourth-order valence-corrected chi connectivity index (χ4v) is 3.93. The van der Waals surface area contributed by atoms with Crippen molar-refractivity contribution in [3.05, 3.63) is 78.4 Å². The van der Waals surface area contributed by atoms with Crippen molar-refractivity contribution in [3.8, 4) is 11.4 Å². The first-order chi connectivity index (χ1) is 13.4. The van der Waals surface area contributed by atoms with E-state index < -0.39 is 15.7 Å². The van der Waals surface area contributed by atoms with Crippen molar-refractivity contribution in [2.24, 2.45) is 0 Å². The Hall–Kier alpha value is -3.45. The third-order valence-corrected chi connectivity index (χ3v) is 5.51. The van der Waals surface area contributed by atoms with Crippen LogP contribution in [0.15, 0.2) is 77.7 Å². The SMILES string of the molecule is CS(=O)(=O)c1ccccc1C(=O)Nc1ccccc1-c1nc2ccccc2[nH]1. The Morgan fingerprint density at radius 3 is 2.39 bits per heavy atom. The van der Waals surface area contributed by atoms with Crippen LogP contribution in [0.1, 0.15) is 10.4 Å². The Bertz CT molecular complexity index is 1260. The van der Waals surface area contributed by atoms with Gasteiger partial charge < -0.3 is 10.3 Å². The molecule has 0 saturated heterocycles. The third-order valence-electron chi connectivity index (χ3n) is 4.35. The van der Waals surface area contributed by atoms with Gasteiger partial charge in [-0.1, -0.05) is 36.4 Å². The third kappa shape index (κ3) is 3.39. The number of anilines is 1. The number of carbonyl (C=O) groups excluding carboxylic acids is 1. The maximum absolute atomic E-state index is 12.8. The van der Waals surface area contributed by atoms with Gasteiger partial charge in [-0.25, -0.2) is 13.4 Å². The highest BCUT2D eigenvalue weighted by molar-refractivity contribution is 7.90. The zero-order valence-electron chi connectivity index (χ0n) is 15.0. The number of H-pyrrole nitrogens is 1. The van der Waals surface area contributed by atoms with Crippen LogP contribution in [0.3, 0.4) is 0 Å². The van der Waals surface area contributed by atoms with Gasteiger partial charge in [0.25, 0.3) is 5.91 Å². The molecule has 4 rings (SSSR count). The predicted octanol–water partition coefficient (Wildman–Crippen LogP) is 3.89. The normalized spacial score (nSPS) is 11.5. The maximum Gasteiger partial charge on any atom is 0.257 e. The Kier molecular flexibility index (Phi) is 4.44. The molecule has 0 spiro atoms. The van der Waals surface area contributed by atoms with E-state index in [2.05, 4.69) is 15.3 Å². The number of hydrogen-bond donors (Lipinski definition) is 2. The van der Waals surface area contributed by atoms with E-state index in [1.54, 1.807) is 24.3 Å². The zero-order chi connectivity index (χ0) is 19.7. The molecule has 0 aliphatic carbocycles. The molecule has 1 aromatic heterocycles. The minimum Gasteiger partial charge on any atom is -0.338 e. The van der Waals surface area contributed by atoms with Gasteiger partial charge >= 0.3 is 0 Å². The van der Waals surface area contributed by atoms with Crippen LogP contribution in [0.25, 0.3) is 22.4 Å². The number of nitrogens with zero attached hydrogens (tertiary/aromatic N) is 1. The van der Waals surface area contributed by atoms with Crippen LogP contribution < -0.4 is 5.32 Å². The quantitative estimate of drug-likeness (QED) is 0.552. The Labute approximate surface area is 162 Å². The van der Waals surface area contributed by atoms with Gasteiger partial charge in [-0.15, -0.1) is 0 Å². The summed E-state index contributed by atoms with van der Waals surface area (Å²) in [7, 11) is -3.53. The molecule has 140 valence electrons. The maximum atomic E-state index is 12.8. The first-order valence-corrected chi connectivity index (χ1v) is 10.5. The summed E-state index contributed by atoms with van der Waals surface area (Å²) >= 11 is 0. The van der Waals surface area contributed by atoms with Crippen molar-refractivity contribution >= 4 is 32.5 Å². The molecule has 1 amide bonds. The molecule has 2 N–H and O–H groups in total. The smallest absolute Gasteiger partial charge is 0.257 e. The number of carbonyl (C=O) groups is 1. The second-order valence-corrected chi connectivity index (χ2v) is 8.35. The summed E-state index contributed by atoms with van der Waals surface area (Å²) in [5.74, 6) is 0.123. The van der Waals surface area contributed by atoms with Gasteiger partial charge in [-0.2, -0.15) is 0 Å². The fraction of sp³-hybridized carbons (Fsp3) is 0.0476. The number of sulfone groups is 1. The first kappa shape index (κ1) is 17.9. The number of fused-ring (bicyclic) bond motifs is 1. The number of aromatic nitrogens is 2. The number of nitrogens with one attached hydrogen (secondary N) is 2. The van der Waals surface area contributed by atoms with Crippen molar-refractivity contribution in [2.45, 2.75) is 4.90 Å². The Morgan fingerprint density at radius 1 is 0.929 bits per heavy atom. The predicted molar refractivity (Wildman–Crippen MR) is 109 cm³/mol. The Balaban J connectivity index is 1.73. The van der Waals surface area contributed by atoms with Crippen molar-refractivity contribution < 1.29 is 13.2 Å². The average Bonchev–Trinajstić information content (AvgIpc) is 3.12. The van der Waals surface area contributed by atoms with Crippen molar-refractivity contribution in [3.63, 3.8) is 0 Å². The highest BCUT2D eigenvalue weighted by Crippen LogP contribution is 2.28. The molecule has 28 heavy (non-hydrogen) atoms. The number of amides is 1. The summed E-state index contributed by atoms with van der Waals surface area (Å²) in [5, 5.41) is 2.82. The molecule has 0 fully saturated rings. The van der Waals surface area contributed by atoms with Crippen LogP contribution in [-0.4, -0.2) is 30.5 Å². The number of aromatic amines is 1. The van der Waals surface area contributed by atoms with Crippen LogP contribution in [0, 0.1) is 0 Å². The molecule has 0 atom stereocenters. The molecular weight excluding hydrogens is 374 g/mol. The fourth-order valence-electron chi connectivity index (χ4n) is 3.05. The molecule has 7 heteroatoms. The summed E-state index contributed by atoms with van der Waals surface area (Å²) in [5.41, 5.74) is 3.06. The van der Waals surface area contributed by atoms with Crippen LogP contribution in [0.2, 0.25) is 0 Å². The van der Waals surface area contributed by atoms with E-state index >= 15 is 0 Å². The summed E-state index contributed by atoms with van der Waals surface area (Å²) in [6, 6.07) is 21.0. The van der Waals surface area contributed by atoms with Crippen LogP contribution in [0.4, 0.5) is 5.69 Å². The van der Waals surface area contributed by atoms with E-state index in [-0.39, 0.29) is 10.5 Å². The van der Waals surface area contributed by atoms with Gasteiger partial charge in [0, 0.05) is 11.8 Å². The lowest BCUT2D eigenvalue weighted by Gasteiger charge is -2.11. The van der Waals surface area contributed by atoms with Crippen LogP contribution >= 0.6 is 0 Å². The average molecular weight is 391 g/mol. The minimum absolute atomic E-state index is 0.00582. The molecule has 0 unspecified atom stereocenters. The van der Waals surface area contributed by atoms with Gasteiger partial charge in [-0.3, -0.25) is 4.79 Å². The molecule has 0 saturated carbocycles. The summed E-state index contributed by atoms with van der Waals surface area (Å²) in [4.78, 5) is 20.6. The minimum atomic E-state index is -3.53. The lowest BCUT2D eigenvalue weighted by molar-refractivity contribution is 0.102. The molecule has 0 bridgehead atoms. The number of para-hydroxylation sites is 3. The van der Waals surface area contributed by atoms with Crippen molar-refractivity contribution in [2.75, 3.05) is 11.6 Å². The molecule has 0 aliphatic heterocycles. The summed E-state index contributed by atoms with van der Waals surface area (Å²) in [6.45, 7) is 0. The lowest BCUT2D eigenvalue weighted by atomic mass is 10.1. The van der Waals surface area contributed by atoms with Gasteiger partial charge in [0.05, 0.1) is 27.2 Å². The van der Waals surface area contributed by atoms with Crippen molar-refractivity contribution in [1.29, 1.82) is 0 Å². The lowest BCUT2D eigenvalue weighted by Crippen LogP contribution is -2.16. The monoisotopic (exact) mass is 391 g/mol. The van der Waals surface area contributed by atoms with Gasteiger partial charge in [0.1, 0.15) is 5.82 Å². The molecular formula is C21H17N3O3S. The van der Waals surface area contributed by atoms with E-state index in [4.69, 9.17) is 0 Å². The van der Waals surface area contributed by atoms with Crippen LogP contribution in [0.5, 0.6) is 0 Å². The number of rotatable bonds is 4. The van der Waals surface area contributed by atoms with Gasteiger partial charge in [-0.05, 0) is 36.4 Å². The van der Waals surface area contributed by atoms with E-state index in [1.807, 2.05) is 36.4 Å². The zero-order valence-corrected chi connectivity index (χ0v) is 15.8. The second kappa shape index (κ2) is 6.94. The standard InChI is InChI=1S/C21H17N3O3S/c1-28(26,27)19-13-7-3-9-15(19)21(25)24-16-10-4-2-8-14(16)20-22-17-11-5-6-12-18(17)23-20/h2-13H,1H3,(H,22,23)(H,24,25). The molecule has 0 radical (unpaired) electrons. The molecule has 4 aromatic rings. The van der Waals surface area contributed by atoms with Gasteiger partial charge in [0.2, 0.25) is 0 Å². The first-order valence-electron chi connectivity index (χ1n) is 8.58. The molecule has 6 nitrogen and oxygen atoms in total. The second-order valence-electron chi connectivity index (χ2n) is 6.37. The van der Waals surface area contributed by atoms with E-state index in [9.17, 15) is 13.2 Å². The number of hydrogen-bond acceptors (Lipinski definition) is 4.